The van der Waals surface area contributed by atoms with E-state index in [2.05, 4.69) is 41.5 Å². The molecule has 100 valence electrons. The fraction of sp³-hybridized carbons (Fsp3) is 0.600. The molecule has 1 aromatic rings. The maximum absolute atomic E-state index is 10.9. The van der Waals surface area contributed by atoms with Crippen LogP contribution in [0.15, 0.2) is 18.2 Å². The van der Waals surface area contributed by atoms with Crippen molar-refractivity contribution in [1.29, 1.82) is 0 Å². The van der Waals surface area contributed by atoms with Gasteiger partial charge >= 0.3 is 0 Å². The SMILES string of the molecule is CC(C)(C)Cc1cc([N+](=O)[O-])ccc1C(C)(C)C. The van der Waals surface area contributed by atoms with Gasteiger partial charge in [-0.15, -0.1) is 0 Å². The summed E-state index contributed by atoms with van der Waals surface area (Å²) in [6.45, 7) is 12.9. The fourth-order valence-corrected chi connectivity index (χ4v) is 2.14. The van der Waals surface area contributed by atoms with Crippen molar-refractivity contribution in [2.75, 3.05) is 0 Å². The van der Waals surface area contributed by atoms with E-state index in [-0.39, 0.29) is 21.4 Å². The van der Waals surface area contributed by atoms with Crippen LogP contribution in [0.4, 0.5) is 5.69 Å². The second-order valence-electron chi connectivity index (χ2n) is 7.09. The van der Waals surface area contributed by atoms with Crippen molar-refractivity contribution in [3.8, 4) is 0 Å². The molecule has 1 aromatic carbocycles. The predicted molar refractivity (Wildman–Crippen MR) is 75.0 cm³/mol. The molecular formula is C15H23NO2. The maximum atomic E-state index is 10.9. The van der Waals surface area contributed by atoms with Gasteiger partial charge in [-0.05, 0) is 28.4 Å². The normalized spacial score (nSPS) is 12.6. The van der Waals surface area contributed by atoms with Crippen molar-refractivity contribution < 1.29 is 4.92 Å². The number of nitro benzene ring substituents is 1. The van der Waals surface area contributed by atoms with E-state index >= 15 is 0 Å². The first-order valence-electron chi connectivity index (χ1n) is 6.28. The second kappa shape index (κ2) is 4.71. The Balaban J connectivity index is 3.32. The molecule has 0 spiro atoms. The van der Waals surface area contributed by atoms with Crippen molar-refractivity contribution >= 4 is 5.69 Å². The molecule has 0 aliphatic carbocycles. The highest BCUT2D eigenvalue weighted by Gasteiger charge is 2.23. The molecule has 0 saturated carbocycles. The molecule has 0 saturated heterocycles. The van der Waals surface area contributed by atoms with Crippen LogP contribution in [0.2, 0.25) is 0 Å². The van der Waals surface area contributed by atoms with Gasteiger partial charge in [-0.25, -0.2) is 0 Å². The van der Waals surface area contributed by atoms with Crippen LogP contribution in [-0.4, -0.2) is 4.92 Å². The first-order chi connectivity index (χ1) is 8.00. The molecule has 18 heavy (non-hydrogen) atoms. The molecule has 3 nitrogen and oxygen atoms in total. The zero-order valence-corrected chi connectivity index (χ0v) is 12.2. The maximum Gasteiger partial charge on any atom is 0.269 e. The van der Waals surface area contributed by atoms with E-state index in [0.717, 1.165) is 12.0 Å². The predicted octanol–water partition coefficient (Wildman–Crippen LogP) is 4.48. The molecule has 0 unspecified atom stereocenters. The summed E-state index contributed by atoms with van der Waals surface area (Å²) in [4.78, 5) is 10.6. The van der Waals surface area contributed by atoms with Crippen molar-refractivity contribution in [3.63, 3.8) is 0 Å². The molecule has 1 rings (SSSR count). The van der Waals surface area contributed by atoms with E-state index in [1.807, 2.05) is 6.07 Å². The van der Waals surface area contributed by atoms with Gasteiger partial charge in [-0.2, -0.15) is 0 Å². The quantitative estimate of drug-likeness (QED) is 0.573. The summed E-state index contributed by atoms with van der Waals surface area (Å²) in [6.07, 6.45) is 0.848. The van der Waals surface area contributed by atoms with Crippen molar-refractivity contribution in [2.45, 2.75) is 53.4 Å². The van der Waals surface area contributed by atoms with E-state index < -0.39 is 0 Å². The Morgan fingerprint density at radius 1 is 1.11 bits per heavy atom. The van der Waals surface area contributed by atoms with Crippen molar-refractivity contribution in [3.05, 3.63) is 39.4 Å². The number of benzene rings is 1. The molecule has 0 bridgehead atoms. The lowest BCUT2D eigenvalue weighted by Gasteiger charge is -2.26. The third-order valence-electron chi connectivity index (χ3n) is 2.83. The van der Waals surface area contributed by atoms with E-state index in [9.17, 15) is 10.1 Å². The monoisotopic (exact) mass is 249 g/mol. The summed E-state index contributed by atoms with van der Waals surface area (Å²) in [6, 6.07) is 5.23. The number of nitrogens with zero attached hydrogens (tertiary/aromatic N) is 1. The third-order valence-corrected chi connectivity index (χ3v) is 2.83. The Morgan fingerprint density at radius 3 is 2.06 bits per heavy atom. The number of hydrogen-bond donors (Lipinski definition) is 0. The Labute approximate surface area is 109 Å². The van der Waals surface area contributed by atoms with Gasteiger partial charge in [0.05, 0.1) is 4.92 Å². The van der Waals surface area contributed by atoms with Crippen molar-refractivity contribution in [1.82, 2.24) is 0 Å². The first-order valence-corrected chi connectivity index (χ1v) is 6.28. The van der Waals surface area contributed by atoms with E-state index in [0.29, 0.717) is 0 Å². The number of hydrogen-bond acceptors (Lipinski definition) is 2. The third kappa shape index (κ3) is 3.83. The van der Waals surface area contributed by atoms with Crippen LogP contribution in [-0.2, 0) is 11.8 Å². The van der Waals surface area contributed by atoms with Crippen LogP contribution in [0.25, 0.3) is 0 Å². The molecule has 0 aliphatic rings. The average Bonchev–Trinajstić information content (AvgIpc) is 2.12. The molecule has 0 heterocycles. The van der Waals surface area contributed by atoms with Gasteiger partial charge in [0.2, 0.25) is 0 Å². The van der Waals surface area contributed by atoms with Gasteiger partial charge in [0.25, 0.3) is 5.69 Å². The smallest absolute Gasteiger partial charge is 0.258 e. The van der Waals surface area contributed by atoms with E-state index in [1.165, 1.54) is 5.56 Å². The highest BCUT2D eigenvalue weighted by Crippen LogP contribution is 2.32. The minimum atomic E-state index is -0.321. The minimum Gasteiger partial charge on any atom is -0.258 e. The van der Waals surface area contributed by atoms with Gasteiger partial charge in [-0.3, -0.25) is 10.1 Å². The van der Waals surface area contributed by atoms with E-state index in [4.69, 9.17) is 0 Å². The van der Waals surface area contributed by atoms with Crippen LogP contribution in [0.5, 0.6) is 0 Å². The molecule has 0 N–H and O–H groups in total. The summed E-state index contributed by atoms with van der Waals surface area (Å²) in [5.41, 5.74) is 2.60. The lowest BCUT2D eigenvalue weighted by molar-refractivity contribution is -0.384. The molecule has 0 radical (unpaired) electrons. The van der Waals surface area contributed by atoms with Gasteiger partial charge in [0.1, 0.15) is 0 Å². The van der Waals surface area contributed by atoms with E-state index in [1.54, 1.807) is 12.1 Å². The van der Waals surface area contributed by atoms with Crippen LogP contribution in [0.1, 0.15) is 52.7 Å². The summed E-state index contributed by atoms with van der Waals surface area (Å²) >= 11 is 0. The molecule has 0 aliphatic heterocycles. The second-order valence-corrected chi connectivity index (χ2v) is 7.09. The van der Waals surface area contributed by atoms with Crippen LogP contribution >= 0.6 is 0 Å². The molecule has 0 amide bonds. The van der Waals surface area contributed by atoms with Crippen LogP contribution in [0, 0.1) is 15.5 Å². The zero-order chi connectivity index (χ0) is 14.1. The van der Waals surface area contributed by atoms with Gasteiger partial charge in [0.15, 0.2) is 0 Å². The lowest BCUT2D eigenvalue weighted by Crippen LogP contribution is -2.18. The highest BCUT2D eigenvalue weighted by atomic mass is 16.6. The van der Waals surface area contributed by atoms with Crippen LogP contribution < -0.4 is 0 Å². The Bertz CT molecular complexity index is 451. The van der Waals surface area contributed by atoms with Crippen molar-refractivity contribution in [2.24, 2.45) is 5.41 Å². The summed E-state index contributed by atoms with van der Waals surface area (Å²) < 4.78 is 0. The average molecular weight is 249 g/mol. The molecule has 3 heteroatoms. The van der Waals surface area contributed by atoms with Crippen LogP contribution in [0.3, 0.4) is 0 Å². The Hall–Kier alpha value is -1.38. The highest BCUT2D eigenvalue weighted by molar-refractivity contribution is 5.43. The molecule has 0 fully saturated rings. The molecular weight excluding hydrogens is 226 g/mol. The standard InChI is InChI=1S/C15H23NO2/c1-14(2,3)10-11-9-12(16(17)18)7-8-13(11)15(4,5)6/h7-9H,10H2,1-6H3. The Kier molecular flexibility index (Phi) is 3.84. The molecule has 0 atom stereocenters. The first kappa shape index (κ1) is 14.7. The number of nitro groups is 1. The lowest BCUT2D eigenvalue weighted by atomic mass is 9.78. The minimum absolute atomic E-state index is 0.00963. The summed E-state index contributed by atoms with van der Waals surface area (Å²) in [5, 5.41) is 10.9. The largest absolute Gasteiger partial charge is 0.269 e. The topological polar surface area (TPSA) is 43.1 Å². The summed E-state index contributed by atoms with van der Waals surface area (Å²) in [7, 11) is 0. The van der Waals surface area contributed by atoms with Gasteiger partial charge in [-0.1, -0.05) is 47.6 Å². The number of rotatable bonds is 2. The van der Waals surface area contributed by atoms with Gasteiger partial charge in [0, 0.05) is 12.1 Å². The summed E-state index contributed by atoms with van der Waals surface area (Å²) in [5.74, 6) is 0. The zero-order valence-electron chi connectivity index (χ0n) is 12.2. The molecule has 0 aromatic heterocycles. The Morgan fingerprint density at radius 2 is 1.67 bits per heavy atom. The fourth-order valence-electron chi connectivity index (χ4n) is 2.14. The number of non-ortho nitro benzene ring substituents is 1. The van der Waals surface area contributed by atoms with Gasteiger partial charge < -0.3 is 0 Å².